The molecule has 8 heteroatoms. The van der Waals surface area contributed by atoms with Gasteiger partial charge in [-0.15, -0.1) is 0 Å². The first-order valence-electron chi connectivity index (χ1n) is 7.08. The van der Waals surface area contributed by atoms with E-state index in [4.69, 9.17) is 4.74 Å². The maximum atomic E-state index is 12.2. The first kappa shape index (κ1) is 17.5. The number of aryl methyl sites for hydroxylation is 1. The van der Waals surface area contributed by atoms with Gasteiger partial charge in [0, 0.05) is 45.7 Å². The van der Waals surface area contributed by atoms with E-state index in [-0.39, 0.29) is 10.8 Å². The summed E-state index contributed by atoms with van der Waals surface area (Å²) in [4.78, 5) is 12.4. The molecule has 1 aromatic carbocycles. The van der Waals surface area contributed by atoms with Crippen molar-refractivity contribution in [1.29, 1.82) is 0 Å². The van der Waals surface area contributed by atoms with Gasteiger partial charge in [-0.05, 0) is 24.3 Å². The molecule has 0 saturated heterocycles. The summed E-state index contributed by atoms with van der Waals surface area (Å²) >= 11 is 0. The number of hydrogen-bond donors (Lipinski definition) is 1. The number of ether oxygens (including phenoxy) is 1. The number of rotatable bonds is 6. The van der Waals surface area contributed by atoms with Gasteiger partial charge < -0.3 is 14.6 Å². The fourth-order valence-corrected chi connectivity index (χ4v) is 3.21. The standard InChI is InChI=1S/C15H21N3O4S/c1-17(2)23(20,21)12-5-6-13-11(9-12)10-14(18(13)3)15(19)16-7-8-22-4/h5-6,9-10H,7-8H2,1-4H3,(H,16,19). The Morgan fingerprint density at radius 1 is 1.30 bits per heavy atom. The van der Waals surface area contributed by atoms with Crippen LogP contribution in [0.5, 0.6) is 0 Å². The minimum Gasteiger partial charge on any atom is -0.383 e. The molecule has 0 radical (unpaired) electrons. The Balaban J connectivity index is 2.41. The predicted molar refractivity (Wildman–Crippen MR) is 88.0 cm³/mol. The van der Waals surface area contributed by atoms with E-state index in [0.29, 0.717) is 24.2 Å². The molecule has 1 N–H and O–H groups in total. The molecule has 0 aliphatic rings. The van der Waals surface area contributed by atoms with E-state index >= 15 is 0 Å². The van der Waals surface area contributed by atoms with Gasteiger partial charge in [0.25, 0.3) is 5.91 Å². The number of benzene rings is 1. The maximum Gasteiger partial charge on any atom is 0.268 e. The third-order valence-electron chi connectivity index (χ3n) is 3.62. The van der Waals surface area contributed by atoms with Gasteiger partial charge in [0.1, 0.15) is 5.69 Å². The summed E-state index contributed by atoms with van der Waals surface area (Å²) in [6.07, 6.45) is 0. The Morgan fingerprint density at radius 2 is 2.00 bits per heavy atom. The Bertz CT molecular complexity index is 825. The van der Waals surface area contributed by atoms with Crippen LogP contribution in [0.1, 0.15) is 10.5 Å². The number of carbonyl (C=O) groups is 1. The highest BCUT2D eigenvalue weighted by Crippen LogP contribution is 2.23. The summed E-state index contributed by atoms with van der Waals surface area (Å²) < 4.78 is 32.2. The number of aromatic nitrogens is 1. The van der Waals surface area contributed by atoms with Crippen molar-refractivity contribution >= 4 is 26.8 Å². The lowest BCUT2D eigenvalue weighted by Gasteiger charge is -2.11. The summed E-state index contributed by atoms with van der Waals surface area (Å²) in [5.74, 6) is -0.224. The molecule has 0 atom stereocenters. The van der Waals surface area contributed by atoms with Crippen molar-refractivity contribution in [3.8, 4) is 0 Å². The van der Waals surface area contributed by atoms with Crippen LogP contribution in [0.3, 0.4) is 0 Å². The van der Waals surface area contributed by atoms with Crippen LogP contribution in [-0.4, -0.2) is 57.6 Å². The lowest BCUT2D eigenvalue weighted by atomic mass is 10.2. The number of fused-ring (bicyclic) bond motifs is 1. The Morgan fingerprint density at radius 3 is 2.61 bits per heavy atom. The average Bonchev–Trinajstić information content (AvgIpc) is 2.84. The van der Waals surface area contributed by atoms with Gasteiger partial charge in [0.2, 0.25) is 10.0 Å². The SMILES string of the molecule is COCCNC(=O)c1cc2cc(S(=O)(=O)N(C)C)ccc2n1C. The number of sulfonamides is 1. The lowest BCUT2D eigenvalue weighted by molar-refractivity contribution is 0.0929. The molecule has 23 heavy (non-hydrogen) atoms. The van der Waals surface area contributed by atoms with E-state index < -0.39 is 10.0 Å². The molecule has 2 rings (SSSR count). The molecule has 0 saturated carbocycles. The Kier molecular flexibility index (Phi) is 5.08. The molecule has 0 spiro atoms. The van der Waals surface area contributed by atoms with Gasteiger partial charge in [0.05, 0.1) is 11.5 Å². The number of nitrogens with zero attached hydrogens (tertiary/aromatic N) is 2. The van der Waals surface area contributed by atoms with Crippen LogP contribution in [0, 0.1) is 0 Å². The highest BCUT2D eigenvalue weighted by molar-refractivity contribution is 7.89. The van der Waals surface area contributed by atoms with Gasteiger partial charge in [-0.1, -0.05) is 0 Å². The van der Waals surface area contributed by atoms with Crippen LogP contribution in [0.25, 0.3) is 10.9 Å². The zero-order valence-corrected chi connectivity index (χ0v) is 14.5. The Labute approximate surface area is 135 Å². The van der Waals surface area contributed by atoms with Crippen molar-refractivity contribution in [1.82, 2.24) is 14.2 Å². The summed E-state index contributed by atoms with van der Waals surface area (Å²) in [5.41, 5.74) is 1.26. The first-order chi connectivity index (χ1) is 10.8. The van der Waals surface area contributed by atoms with Gasteiger partial charge in [0.15, 0.2) is 0 Å². The number of methoxy groups -OCH3 is 1. The second-order valence-corrected chi connectivity index (χ2v) is 7.50. The van der Waals surface area contributed by atoms with Gasteiger partial charge in [-0.25, -0.2) is 12.7 Å². The molecule has 1 amide bonds. The van der Waals surface area contributed by atoms with Crippen molar-refractivity contribution in [2.45, 2.75) is 4.90 Å². The van der Waals surface area contributed by atoms with Crippen molar-refractivity contribution in [2.24, 2.45) is 7.05 Å². The number of hydrogen-bond acceptors (Lipinski definition) is 4. The fraction of sp³-hybridized carbons (Fsp3) is 0.400. The number of carbonyl (C=O) groups excluding carboxylic acids is 1. The van der Waals surface area contributed by atoms with Crippen molar-refractivity contribution in [3.05, 3.63) is 30.0 Å². The van der Waals surface area contributed by atoms with E-state index in [1.807, 2.05) is 0 Å². The molecular weight excluding hydrogens is 318 g/mol. The number of nitrogens with one attached hydrogen (secondary N) is 1. The van der Waals surface area contributed by atoms with E-state index in [9.17, 15) is 13.2 Å². The molecule has 126 valence electrons. The minimum absolute atomic E-state index is 0.201. The summed E-state index contributed by atoms with van der Waals surface area (Å²) in [6.45, 7) is 0.845. The van der Waals surface area contributed by atoms with Gasteiger partial charge >= 0.3 is 0 Å². The van der Waals surface area contributed by atoms with Gasteiger partial charge in [-0.2, -0.15) is 0 Å². The summed E-state index contributed by atoms with van der Waals surface area (Å²) in [6, 6.07) is 6.52. The molecule has 0 aliphatic carbocycles. The first-order valence-corrected chi connectivity index (χ1v) is 8.52. The van der Waals surface area contributed by atoms with E-state index in [0.717, 1.165) is 9.82 Å². The van der Waals surface area contributed by atoms with Crippen LogP contribution >= 0.6 is 0 Å². The van der Waals surface area contributed by atoms with E-state index in [1.54, 1.807) is 43.0 Å². The van der Waals surface area contributed by atoms with Crippen LogP contribution in [0.4, 0.5) is 0 Å². The smallest absolute Gasteiger partial charge is 0.268 e. The van der Waals surface area contributed by atoms with E-state index in [2.05, 4.69) is 5.32 Å². The van der Waals surface area contributed by atoms with Crippen LogP contribution < -0.4 is 5.32 Å². The third kappa shape index (κ3) is 3.39. The number of amides is 1. The molecule has 7 nitrogen and oxygen atoms in total. The highest BCUT2D eigenvalue weighted by Gasteiger charge is 2.19. The molecule has 0 unspecified atom stereocenters. The molecule has 2 aromatic rings. The molecule has 0 aliphatic heterocycles. The van der Waals surface area contributed by atoms with Gasteiger partial charge in [-0.3, -0.25) is 4.79 Å². The van der Waals surface area contributed by atoms with Crippen molar-refractivity contribution in [3.63, 3.8) is 0 Å². The minimum atomic E-state index is -3.50. The normalized spacial score (nSPS) is 12.0. The van der Waals surface area contributed by atoms with Crippen LogP contribution in [-0.2, 0) is 21.8 Å². The second-order valence-electron chi connectivity index (χ2n) is 5.35. The molecular formula is C15H21N3O4S. The predicted octanol–water partition coefficient (Wildman–Crippen LogP) is 0.805. The van der Waals surface area contributed by atoms with E-state index in [1.165, 1.54) is 14.1 Å². The lowest BCUT2D eigenvalue weighted by Crippen LogP contribution is -2.28. The fourth-order valence-electron chi connectivity index (χ4n) is 2.27. The maximum absolute atomic E-state index is 12.2. The Hall–Kier alpha value is -1.90. The monoisotopic (exact) mass is 339 g/mol. The largest absolute Gasteiger partial charge is 0.383 e. The average molecular weight is 339 g/mol. The zero-order chi connectivity index (χ0) is 17.2. The van der Waals surface area contributed by atoms with Crippen LogP contribution in [0.15, 0.2) is 29.2 Å². The quantitative estimate of drug-likeness (QED) is 0.790. The molecule has 0 bridgehead atoms. The third-order valence-corrected chi connectivity index (χ3v) is 5.43. The second kappa shape index (κ2) is 6.69. The van der Waals surface area contributed by atoms with Crippen molar-refractivity contribution < 1.29 is 17.9 Å². The topological polar surface area (TPSA) is 80.6 Å². The summed E-state index contributed by atoms with van der Waals surface area (Å²) in [7, 11) is 2.80. The molecule has 0 fully saturated rings. The van der Waals surface area contributed by atoms with Crippen LogP contribution in [0.2, 0.25) is 0 Å². The van der Waals surface area contributed by atoms with Crippen molar-refractivity contribution in [2.75, 3.05) is 34.4 Å². The molecule has 1 heterocycles. The zero-order valence-electron chi connectivity index (χ0n) is 13.7. The summed E-state index contributed by atoms with van der Waals surface area (Å²) in [5, 5.41) is 3.45. The highest BCUT2D eigenvalue weighted by atomic mass is 32.2. The molecule has 1 aromatic heterocycles.